The Morgan fingerprint density at radius 1 is 1.25 bits per heavy atom. The molecule has 1 amide bonds. The Labute approximate surface area is 144 Å². The third-order valence-electron chi connectivity index (χ3n) is 4.24. The van der Waals surface area contributed by atoms with E-state index in [-0.39, 0.29) is 23.2 Å². The number of Topliss-reactive ketones (excluding diaryl/α,β-unsaturated/α-hetero) is 1. The van der Waals surface area contributed by atoms with E-state index in [4.69, 9.17) is 4.74 Å². The number of nitrogens with one attached hydrogen (secondary N) is 1. The number of benzene rings is 1. The smallest absolute Gasteiger partial charge is 0.220 e. The first-order valence-corrected chi connectivity index (χ1v) is 8.51. The van der Waals surface area contributed by atoms with Crippen LogP contribution in [0.3, 0.4) is 0 Å². The van der Waals surface area contributed by atoms with E-state index in [1.807, 2.05) is 44.2 Å². The van der Waals surface area contributed by atoms with Crippen molar-refractivity contribution in [2.45, 2.75) is 32.8 Å². The molecule has 2 rings (SSSR count). The van der Waals surface area contributed by atoms with Gasteiger partial charge in [0.25, 0.3) is 0 Å². The van der Waals surface area contributed by atoms with Crippen molar-refractivity contribution in [2.24, 2.45) is 5.41 Å². The first-order chi connectivity index (χ1) is 11.4. The zero-order chi connectivity index (χ0) is 17.6. The van der Waals surface area contributed by atoms with Gasteiger partial charge in [-0.05, 0) is 12.5 Å². The molecular formula is C19H28N2O3. The molecule has 1 atom stereocenters. The van der Waals surface area contributed by atoms with Crippen molar-refractivity contribution in [1.29, 1.82) is 0 Å². The minimum Gasteiger partial charge on any atom is -0.374 e. The Morgan fingerprint density at radius 2 is 1.96 bits per heavy atom. The molecule has 0 aliphatic carbocycles. The Morgan fingerprint density at radius 3 is 2.62 bits per heavy atom. The van der Waals surface area contributed by atoms with Crippen molar-refractivity contribution in [3.8, 4) is 0 Å². The normalized spacial score (nSPS) is 19.0. The van der Waals surface area contributed by atoms with E-state index < -0.39 is 0 Å². The molecule has 1 aromatic rings. The molecule has 5 heteroatoms. The lowest BCUT2D eigenvalue weighted by Crippen LogP contribution is -2.46. The summed E-state index contributed by atoms with van der Waals surface area (Å²) >= 11 is 0. The number of carbonyl (C=O) groups is 2. The summed E-state index contributed by atoms with van der Waals surface area (Å²) in [5.74, 6) is 0.0447. The van der Waals surface area contributed by atoms with Gasteiger partial charge in [0.15, 0.2) is 5.78 Å². The lowest BCUT2D eigenvalue weighted by molar-refractivity contribution is -0.124. The fraction of sp³-hybridized carbons (Fsp3) is 0.579. The van der Waals surface area contributed by atoms with E-state index in [0.29, 0.717) is 31.6 Å². The van der Waals surface area contributed by atoms with Crippen LogP contribution in [-0.2, 0) is 9.53 Å². The Hall–Kier alpha value is -1.72. The van der Waals surface area contributed by atoms with Crippen LogP contribution in [-0.4, -0.2) is 56.0 Å². The summed E-state index contributed by atoms with van der Waals surface area (Å²) in [4.78, 5) is 26.7. The van der Waals surface area contributed by atoms with Crippen molar-refractivity contribution in [1.82, 2.24) is 10.2 Å². The van der Waals surface area contributed by atoms with Crippen LogP contribution in [0, 0.1) is 5.41 Å². The third-order valence-corrected chi connectivity index (χ3v) is 4.24. The molecule has 1 aliphatic heterocycles. The molecule has 24 heavy (non-hydrogen) atoms. The summed E-state index contributed by atoms with van der Waals surface area (Å²) < 4.78 is 5.64. The summed E-state index contributed by atoms with van der Waals surface area (Å²) in [7, 11) is 2.05. The first kappa shape index (κ1) is 18.6. The second-order valence-electron chi connectivity index (χ2n) is 7.37. The van der Waals surface area contributed by atoms with E-state index in [0.717, 1.165) is 13.1 Å². The lowest BCUT2D eigenvalue weighted by atomic mass is 9.82. The van der Waals surface area contributed by atoms with Crippen LogP contribution in [0.4, 0.5) is 0 Å². The Balaban J connectivity index is 1.78. The van der Waals surface area contributed by atoms with Gasteiger partial charge in [0.05, 0.1) is 12.7 Å². The average Bonchev–Trinajstić information content (AvgIpc) is 2.53. The number of rotatable bonds is 7. The minimum atomic E-state index is -0.374. The van der Waals surface area contributed by atoms with Gasteiger partial charge in [0.1, 0.15) is 0 Å². The van der Waals surface area contributed by atoms with Gasteiger partial charge < -0.3 is 15.0 Å². The highest BCUT2D eigenvalue weighted by atomic mass is 16.5. The predicted molar refractivity (Wildman–Crippen MR) is 94.0 cm³/mol. The molecule has 0 bridgehead atoms. The van der Waals surface area contributed by atoms with Gasteiger partial charge in [-0.25, -0.2) is 0 Å². The van der Waals surface area contributed by atoms with Crippen LogP contribution in [0.2, 0.25) is 0 Å². The van der Waals surface area contributed by atoms with Crippen LogP contribution >= 0.6 is 0 Å². The Kier molecular flexibility index (Phi) is 6.52. The number of morpholine rings is 1. The van der Waals surface area contributed by atoms with E-state index >= 15 is 0 Å². The molecule has 1 N–H and O–H groups in total. The molecule has 1 unspecified atom stereocenters. The molecule has 5 nitrogen and oxygen atoms in total. The van der Waals surface area contributed by atoms with Crippen LogP contribution in [0.25, 0.3) is 0 Å². The standard InChI is InChI=1S/C19H28N2O3/c1-19(2,11-17(22)15-7-5-4-6-8-15)12-18(23)20-13-16-14-21(3)9-10-24-16/h4-8,16H,9-14H2,1-3H3,(H,20,23). The average molecular weight is 332 g/mol. The van der Waals surface area contributed by atoms with E-state index in [9.17, 15) is 9.59 Å². The van der Waals surface area contributed by atoms with Gasteiger partial charge in [-0.15, -0.1) is 0 Å². The summed E-state index contributed by atoms with van der Waals surface area (Å²) in [6.07, 6.45) is 0.725. The zero-order valence-corrected chi connectivity index (χ0v) is 14.9. The second kappa shape index (κ2) is 8.40. The van der Waals surface area contributed by atoms with Crippen molar-refractivity contribution < 1.29 is 14.3 Å². The van der Waals surface area contributed by atoms with Gasteiger partial charge in [0, 0.05) is 38.0 Å². The van der Waals surface area contributed by atoms with Crippen molar-refractivity contribution in [3.63, 3.8) is 0 Å². The van der Waals surface area contributed by atoms with Gasteiger partial charge in [-0.2, -0.15) is 0 Å². The van der Waals surface area contributed by atoms with E-state index in [2.05, 4.69) is 17.3 Å². The molecule has 132 valence electrons. The molecule has 0 saturated carbocycles. The van der Waals surface area contributed by atoms with Crippen molar-refractivity contribution in [2.75, 3.05) is 33.3 Å². The highest BCUT2D eigenvalue weighted by Crippen LogP contribution is 2.27. The number of nitrogens with zero attached hydrogens (tertiary/aromatic N) is 1. The molecule has 0 aromatic heterocycles. The molecule has 1 fully saturated rings. The van der Waals surface area contributed by atoms with E-state index in [1.165, 1.54) is 0 Å². The molecule has 0 radical (unpaired) electrons. The number of ketones is 1. The van der Waals surface area contributed by atoms with Crippen LogP contribution in [0.15, 0.2) is 30.3 Å². The maximum Gasteiger partial charge on any atom is 0.220 e. The zero-order valence-electron chi connectivity index (χ0n) is 14.9. The summed E-state index contributed by atoms with van der Waals surface area (Å²) in [5, 5.41) is 2.94. The number of hydrogen-bond acceptors (Lipinski definition) is 4. The number of ether oxygens (including phenoxy) is 1. The third kappa shape index (κ3) is 6.06. The highest BCUT2D eigenvalue weighted by Gasteiger charge is 2.26. The monoisotopic (exact) mass is 332 g/mol. The topological polar surface area (TPSA) is 58.6 Å². The summed E-state index contributed by atoms with van der Waals surface area (Å²) in [5.41, 5.74) is 0.325. The molecule has 1 aromatic carbocycles. The molecule has 1 saturated heterocycles. The second-order valence-corrected chi connectivity index (χ2v) is 7.37. The minimum absolute atomic E-state index is 0.0299. The van der Waals surface area contributed by atoms with Gasteiger partial charge in [-0.3, -0.25) is 9.59 Å². The number of carbonyl (C=O) groups excluding carboxylic acids is 2. The predicted octanol–water partition coefficient (Wildman–Crippen LogP) is 2.12. The highest BCUT2D eigenvalue weighted by molar-refractivity contribution is 5.96. The molecular weight excluding hydrogens is 304 g/mol. The van der Waals surface area contributed by atoms with Gasteiger partial charge in [-0.1, -0.05) is 44.2 Å². The van der Waals surface area contributed by atoms with E-state index in [1.54, 1.807) is 0 Å². The fourth-order valence-electron chi connectivity index (χ4n) is 2.94. The van der Waals surface area contributed by atoms with Crippen molar-refractivity contribution >= 4 is 11.7 Å². The first-order valence-electron chi connectivity index (χ1n) is 8.51. The number of likely N-dealkylation sites (N-methyl/N-ethyl adjacent to an activating group) is 1. The number of hydrogen-bond donors (Lipinski definition) is 1. The SMILES string of the molecule is CN1CCOC(CNC(=O)CC(C)(C)CC(=O)c2ccccc2)C1. The number of amides is 1. The maximum absolute atomic E-state index is 12.3. The quantitative estimate of drug-likeness (QED) is 0.777. The fourth-order valence-corrected chi connectivity index (χ4v) is 2.94. The summed E-state index contributed by atoms with van der Waals surface area (Å²) in [6.45, 7) is 6.89. The van der Waals surface area contributed by atoms with Crippen LogP contribution in [0.1, 0.15) is 37.0 Å². The van der Waals surface area contributed by atoms with Gasteiger partial charge in [0.2, 0.25) is 5.91 Å². The maximum atomic E-state index is 12.3. The van der Waals surface area contributed by atoms with Crippen molar-refractivity contribution in [3.05, 3.63) is 35.9 Å². The van der Waals surface area contributed by atoms with Crippen LogP contribution in [0.5, 0.6) is 0 Å². The largest absolute Gasteiger partial charge is 0.374 e. The van der Waals surface area contributed by atoms with Gasteiger partial charge >= 0.3 is 0 Å². The van der Waals surface area contributed by atoms with Crippen LogP contribution < -0.4 is 5.32 Å². The molecule has 0 spiro atoms. The molecule has 1 heterocycles. The molecule has 1 aliphatic rings. The Bertz CT molecular complexity index is 557. The lowest BCUT2D eigenvalue weighted by Gasteiger charge is -2.30. The summed E-state index contributed by atoms with van der Waals surface area (Å²) in [6, 6.07) is 9.23.